The third kappa shape index (κ3) is 4.34. The van der Waals surface area contributed by atoms with E-state index in [0.29, 0.717) is 5.75 Å². The summed E-state index contributed by atoms with van der Waals surface area (Å²) in [5.41, 5.74) is 11.4. The topological polar surface area (TPSA) is 107 Å². The van der Waals surface area contributed by atoms with Gasteiger partial charge in [-0.1, -0.05) is 15.9 Å². The summed E-state index contributed by atoms with van der Waals surface area (Å²) < 4.78 is 6.16. The zero-order chi connectivity index (χ0) is 13.7. The number of halogens is 1. The lowest BCUT2D eigenvalue weighted by Gasteiger charge is -2.14. The number of imide groups is 1. The van der Waals surface area contributed by atoms with Crippen molar-refractivity contribution < 1.29 is 14.3 Å². The van der Waals surface area contributed by atoms with Crippen LogP contribution in [-0.4, -0.2) is 18.5 Å². The number of amides is 3. The number of benzene rings is 1. The molecule has 0 aromatic heterocycles. The fraction of sp³-hybridized carbons (Fsp3) is 0.273. The molecule has 0 bridgehead atoms. The summed E-state index contributed by atoms with van der Waals surface area (Å²) in [5.74, 6) is -0.117. The maximum absolute atomic E-state index is 11.2. The van der Waals surface area contributed by atoms with Crippen molar-refractivity contribution in [3.05, 3.63) is 28.2 Å². The molecule has 1 aromatic carbocycles. The Labute approximate surface area is 113 Å². The maximum Gasteiger partial charge on any atom is 0.318 e. The fourth-order valence-corrected chi connectivity index (χ4v) is 1.70. The van der Waals surface area contributed by atoms with Crippen LogP contribution in [0.15, 0.2) is 22.7 Å². The Hall–Kier alpha value is -1.60. The van der Waals surface area contributed by atoms with Crippen LogP contribution in [0.1, 0.15) is 18.5 Å². The van der Waals surface area contributed by atoms with E-state index in [1.54, 1.807) is 19.1 Å². The monoisotopic (exact) mass is 315 g/mol. The van der Waals surface area contributed by atoms with E-state index in [-0.39, 0.29) is 12.6 Å². The summed E-state index contributed by atoms with van der Waals surface area (Å²) in [4.78, 5) is 21.6. The molecule has 1 aromatic rings. The number of primary amides is 1. The van der Waals surface area contributed by atoms with Crippen molar-refractivity contribution in [1.29, 1.82) is 0 Å². The van der Waals surface area contributed by atoms with Crippen LogP contribution in [0.4, 0.5) is 4.79 Å². The van der Waals surface area contributed by atoms with Gasteiger partial charge in [-0.3, -0.25) is 10.1 Å². The lowest BCUT2D eigenvalue weighted by atomic mass is 10.1. The molecule has 3 amide bonds. The number of rotatable bonds is 4. The van der Waals surface area contributed by atoms with E-state index in [2.05, 4.69) is 15.9 Å². The average molecular weight is 316 g/mol. The minimum Gasteiger partial charge on any atom is -0.483 e. The van der Waals surface area contributed by atoms with Crippen molar-refractivity contribution in [2.75, 3.05) is 6.61 Å². The van der Waals surface area contributed by atoms with Crippen molar-refractivity contribution >= 4 is 27.9 Å². The summed E-state index contributed by atoms with van der Waals surface area (Å²) in [6.45, 7) is 1.50. The van der Waals surface area contributed by atoms with Crippen LogP contribution in [0.5, 0.6) is 5.75 Å². The van der Waals surface area contributed by atoms with Gasteiger partial charge < -0.3 is 16.2 Å². The summed E-state index contributed by atoms with van der Waals surface area (Å²) in [5, 5.41) is 1.91. The lowest BCUT2D eigenvalue weighted by Crippen LogP contribution is -2.38. The molecule has 6 nitrogen and oxygen atoms in total. The first-order valence-corrected chi connectivity index (χ1v) is 5.96. The molecule has 0 fully saturated rings. The van der Waals surface area contributed by atoms with E-state index >= 15 is 0 Å². The molecule has 0 saturated heterocycles. The first-order chi connectivity index (χ1) is 8.40. The third-order valence-electron chi connectivity index (χ3n) is 2.08. The molecule has 5 N–H and O–H groups in total. The molecule has 98 valence electrons. The van der Waals surface area contributed by atoms with Gasteiger partial charge in [0.25, 0.3) is 5.91 Å². The molecule has 1 atom stereocenters. The van der Waals surface area contributed by atoms with Crippen LogP contribution in [0.3, 0.4) is 0 Å². The van der Waals surface area contributed by atoms with Crippen molar-refractivity contribution in [3.8, 4) is 5.75 Å². The van der Waals surface area contributed by atoms with Gasteiger partial charge in [0, 0.05) is 16.1 Å². The van der Waals surface area contributed by atoms with E-state index in [4.69, 9.17) is 16.2 Å². The number of carbonyl (C=O) groups excluding carboxylic acids is 2. The predicted octanol–water partition coefficient (Wildman–Crippen LogP) is 1.04. The van der Waals surface area contributed by atoms with Gasteiger partial charge in [-0.05, 0) is 25.1 Å². The van der Waals surface area contributed by atoms with Crippen LogP contribution in [-0.2, 0) is 4.79 Å². The van der Waals surface area contributed by atoms with Gasteiger partial charge >= 0.3 is 6.03 Å². The molecule has 0 unspecified atom stereocenters. The average Bonchev–Trinajstić information content (AvgIpc) is 2.26. The molecule has 0 radical (unpaired) electrons. The SMILES string of the molecule is C[C@H](N)c1cc(Br)ccc1OCC(=O)NC(N)=O. The van der Waals surface area contributed by atoms with Gasteiger partial charge in [-0.25, -0.2) is 4.79 Å². The van der Waals surface area contributed by atoms with Crippen LogP contribution in [0, 0.1) is 0 Å². The van der Waals surface area contributed by atoms with Gasteiger partial charge in [-0.2, -0.15) is 0 Å². The summed E-state index contributed by atoms with van der Waals surface area (Å²) in [6.07, 6.45) is 0. The minimum absolute atomic E-state index is 0.239. The van der Waals surface area contributed by atoms with E-state index in [9.17, 15) is 9.59 Å². The van der Waals surface area contributed by atoms with Gasteiger partial charge in [0.05, 0.1) is 0 Å². The Morgan fingerprint density at radius 2 is 2.17 bits per heavy atom. The Morgan fingerprint density at radius 3 is 2.72 bits per heavy atom. The quantitative estimate of drug-likeness (QED) is 0.771. The molecule has 0 aliphatic carbocycles. The molecule has 0 aliphatic heterocycles. The van der Waals surface area contributed by atoms with E-state index < -0.39 is 11.9 Å². The second kappa shape index (κ2) is 6.36. The highest BCUT2D eigenvalue weighted by Crippen LogP contribution is 2.27. The number of ether oxygens (including phenoxy) is 1. The zero-order valence-electron chi connectivity index (χ0n) is 9.77. The molecule has 18 heavy (non-hydrogen) atoms. The number of nitrogens with two attached hydrogens (primary N) is 2. The predicted molar refractivity (Wildman–Crippen MR) is 70.0 cm³/mol. The summed E-state index contributed by atoms with van der Waals surface area (Å²) in [7, 11) is 0. The maximum atomic E-state index is 11.2. The number of urea groups is 1. The molecular formula is C11H14BrN3O3. The highest BCUT2D eigenvalue weighted by Gasteiger charge is 2.11. The van der Waals surface area contributed by atoms with Gasteiger partial charge in [0.15, 0.2) is 6.61 Å². The highest BCUT2D eigenvalue weighted by molar-refractivity contribution is 9.10. The Kier molecular flexibility index (Phi) is 5.11. The molecular weight excluding hydrogens is 302 g/mol. The van der Waals surface area contributed by atoms with Crippen LogP contribution < -0.4 is 21.5 Å². The smallest absolute Gasteiger partial charge is 0.318 e. The molecule has 0 aliphatic rings. The van der Waals surface area contributed by atoms with Crippen LogP contribution in [0.25, 0.3) is 0 Å². The fourth-order valence-electron chi connectivity index (χ4n) is 1.32. The van der Waals surface area contributed by atoms with Gasteiger partial charge in [0.2, 0.25) is 0 Å². The highest BCUT2D eigenvalue weighted by atomic mass is 79.9. The largest absolute Gasteiger partial charge is 0.483 e. The van der Waals surface area contributed by atoms with Crippen LogP contribution in [0.2, 0.25) is 0 Å². The standard InChI is InChI=1S/C11H14BrN3O3/c1-6(13)8-4-7(12)2-3-9(8)18-5-10(16)15-11(14)17/h2-4,6H,5,13H2,1H3,(H3,14,15,16,17)/t6-/m0/s1. The molecule has 0 spiro atoms. The third-order valence-corrected chi connectivity index (χ3v) is 2.58. The zero-order valence-corrected chi connectivity index (χ0v) is 11.4. The second-order valence-electron chi connectivity index (χ2n) is 3.67. The minimum atomic E-state index is -0.910. The number of carbonyl (C=O) groups is 2. The summed E-state index contributed by atoms with van der Waals surface area (Å²) in [6, 6.07) is 4.13. The van der Waals surface area contributed by atoms with Crippen molar-refractivity contribution in [3.63, 3.8) is 0 Å². The molecule has 7 heteroatoms. The summed E-state index contributed by atoms with van der Waals surface area (Å²) >= 11 is 3.33. The Bertz CT molecular complexity index is 463. The first-order valence-electron chi connectivity index (χ1n) is 5.17. The molecule has 0 saturated carbocycles. The first kappa shape index (κ1) is 14.5. The van der Waals surface area contributed by atoms with E-state index in [0.717, 1.165) is 10.0 Å². The lowest BCUT2D eigenvalue weighted by molar-refractivity contribution is -0.121. The molecule has 0 heterocycles. The second-order valence-corrected chi connectivity index (χ2v) is 4.59. The van der Waals surface area contributed by atoms with Gasteiger partial charge in [0.1, 0.15) is 5.75 Å². The van der Waals surface area contributed by atoms with Crippen LogP contribution >= 0.6 is 15.9 Å². The Morgan fingerprint density at radius 1 is 1.50 bits per heavy atom. The van der Waals surface area contributed by atoms with Crippen molar-refractivity contribution in [2.45, 2.75) is 13.0 Å². The van der Waals surface area contributed by atoms with Crippen molar-refractivity contribution in [1.82, 2.24) is 5.32 Å². The van der Waals surface area contributed by atoms with E-state index in [1.165, 1.54) is 0 Å². The normalized spacial score (nSPS) is 11.7. The van der Waals surface area contributed by atoms with E-state index in [1.807, 2.05) is 11.4 Å². The van der Waals surface area contributed by atoms with Crippen molar-refractivity contribution in [2.24, 2.45) is 11.5 Å². The number of hydrogen-bond acceptors (Lipinski definition) is 4. The Balaban J connectivity index is 2.72. The van der Waals surface area contributed by atoms with Gasteiger partial charge in [-0.15, -0.1) is 0 Å². The number of nitrogens with one attached hydrogen (secondary N) is 1. The molecule has 1 rings (SSSR count). The number of hydrogen-bond donors (Lipinski definition) is 3.